The quantitative estimate of drug-likeness (QED) is 0.913. The molecule has 0 aliphatic carbocycles. The second kappa shape index (κ2) is 7.88. The Morgan fingerprint density at radius 2 is 2.00 bits per heavy atom. The number of carbonyl (C=O) groups is 1. The molecule has 1 N–H and O–H groups in total. The summed E-state index contributed by atoms with van der Waals surface area (Å²) in [7, 11) is 0. The number of aliphatic hydroxyl groups is 1. The van der Waals surface area contributed by atoms with E-state index in [9.17, 15) is 9.90 Å². The van der Waals surface area contributed by atoms with Crippen molar-refractivity contribution in [1.29, 1.82) is 0 Å². The monoisotopic (exact) mass is 344 g/mol. The zero-order chi connectivity index (χ0) is 17.9. The molecule has 0 aromatic heterocycles. The van der Waals surface area contributed by atoms with E-state index >= 15 is 0 Å². The van der Waals surface area contributed by atoms with Crippen LogP contribution >= 0.6 is 0 Å². The predicted octanol–water partition coefficient (Wildman–Crippen LogP) is 3.07. The number of aryl methyl sites for hydroxylation is 1. The number of benzene rings is 1. The number of likely N-dealkylation sites (tertiary alicyclic amines) is 2. The maximum absolute atomic E-state index is 12.7. The Kier molecular flexibility index (Phi) is 5.80. The van der Waals surface area contributed by atoms with Crippen molar-refractivity contribution in [2.75, 3.05) is 26.2 Å². The molecule has 0 radical (unpaired) electrons. The Bertz CT molecular complexity index is 593. The van der Waals surface area contributed by atoms with Crippen molar-refractivity contribution in [2.45, 2.75) is 64.0 Å². The third-order valence-corrected chi connectivity index (χ3v) is 6.06. The lowest BCUT2D eigenvalue weighted by Gasteiger charge is -2.40. The van der Waals surface area contributed by atoms with Crippen LogP contribution in [-0.2, 0) is 10.4 Å². The zero-order valence-electron chi connectivity index (χ0n) is 15.7. The second-order valence-electron chi connectivity index (χ2n) is 7.81. The second-order valence-corrected chi connectivity index (χ2v) is 7.81. The number of piperidine rings is 2. The normalized spacial score (nSPS) is 24.3. The van der Waals surface area contributed by atoms with Crippen molar-refractivity contribution in [3.8, 4) is 0 Å². The van der Waals surface area contributed by atoms with Gasteiger partial charge in [0.2, 0.25) is 5.91 Å². The van der Waals surface area contributed by atoms with Crippen LogP contribution in [0.3, 0.4) is 0 Å². The van der Waals surface area contributed by atoms with E-state index in [1.54, 1.807) is 0 Å². The summed E-state index contributed by atoms with van der Waals surface area (Å²) < 4.78 is 0. The molecule has 1 amide bonds. The first-order chi connectivity index (χ1) is 12.0. The largest absolute Gasteiger partial charge is 0.385 e. The Balaban J connectivity index is 1.57. The third-order valence-electron chi connectivity index (χ3n) is 6.06. The molecule has 3 rings (SSSR count). The summed E-state index contributed by atoms with van der Waals surface area (Å²) in [5.41, 5.74) is 1.36. The number of hydrogen-bond donors (Lipinski definition) is 1. The van der Waals surface area contributed by atoms with E-state index in [1.807, 2.05) is 30.0 Å². The average molecular weight is 344 g/mol. The third kappa shape index (κ3) is 4.24. The van der Waals surface area contributed by atoms with Gasteiger partial charge < -0.3 is 10.0 Å². The molecule has 0 saturated carbocycles. The van der Waals surface area contributed by atoms with Crippen LogP contribution in [0.2, 0.25) is 0 Å². The van der Waals surface area contributed by atoms with Crippen molar-refractivity contribution in [3.63, 3.8) is 0 Å². The van der Waals surface area contributed by atoms with Crippen molar-refractivity contribution in [1.82, 2.24) is 9.80 Å². The maximum Gasteiger partial charge on any atom is 0.236 e. The summed E-state index contributed by atoms with van der Waals surface area (Å²) in [6.07, 6.45) is 6.09. The Hall–Kier alpha value is -1.39. The summed E-state index contributed by atoms with van der Waals surface area (Å²) >= 11 is 0. The van der Waals surface area contributed by atoms with Crippen LogP contribution in [0.4, 0.5) is 0 Å². The highest BCUT2D eigenvalue weighted by atomic mass is 16.3. The summed E-state index contributed by atoms with van der Waals surface area (Å²) in [5, 5.41) is 11.0. The molecular weight excluding hydrogens is 312 g/mol. The molecule has 2 aliphatic heterocycles. The van der Waals surface area contributed by atoms with E-state index < -0.39 is 5.60 Å². The van der Waals surface area contributed by atoms with Gasteiger partial charge in [0.15, 0.2) is 0 Å². The molecule has 0 unspecified atom stereocenters. The number of carbonyl (C=O) groups excluding carboxylic acids is 1. The molecule has 2 fully saturated rings. The SMILES string of the molecule is CC[C@@H]1CCCCN1CC(=O)N1CCC(O)(c2cccc(C)c2)CC1. The van der Waals surface area contributed by atoms with Gasteiger partial charge in [0.05, 0.1) is 12.1 Å². The van der Waals surface area contributed by atoms with E-state index in [1.165, 1.54) is 24.8 Å². The van der Waals surface area contributed by atoms with Gasteiger partial charge in [-0.25, -0.2) is 0 Å². The fourth-order valence-corrected chi connectivity index (χ4v) is 4.35. The van der Waals surface area contributed by atoms with Crippen LogP contribution in [0.1, 0.15) is 56.6 Å². The molecule has 4 nitrogen and oxygen atoms in total. The Labute approximate surface area is 151 Å². The predicted molar refractivity (Wildman–Crippen MR) is 100 cm³/mol. The van der Waals surface area contributed by atoms with Crippen LogP contribution in [0.15, 0.2) is 24.3 Å². The first-order valence-corrected chi connectivity index (χ1v) is 9.83. The van der Waals surface area contributed by atoms with Crippen LogP contribution in [-0.4, -0.2) is 53.0 Å². The fraction of sp³-hybridized carbons (Fsp3) is 0.667. The van der Waals surface area contributed by atoms with Gasteiger partial charge in [0, 0.05) is 19.1 Å². The summed E-state index contributed by atoms with van der Waals surface area (Å²) in [5.74, 6) is 0.228. The van der Waals surface area contributed by atoms with Crippen LogP contribution < -0.4 is 0 Å². The van der Waals surface area contributed by atoms with Crippen molar-refractivity contribution in [2.24, 2.45) is 0 Å². The topological polar surface area (TPSA) is 43.8 Å². The number of amides is 1. The maximum atomic E-state index is 12.7. The van der Waals surface area contributed by atoms with Gasteiger partial charge >= 0.3 is 0 Å². The molecule has 0 spiro atoms. The van der Waals surface area contributed by atoms with Gasteiger partial charge in [-0.05, 0) is 51.1 Å². The number of rotatable bonds is 4. The van der Waals surface area contributed by atoms with Crippen LogP contribution in [0, 0.1) is 6.92 Å². The van der Waals surface area contributed by atoms with Gasteiger partial charge in [-0.3, -0.25) is 9.69 Å². The standard InChI is InChI=1S/C21H32N2O2/c1-3-19-9-4-5-12-23(19)16-20(24)22-13-10-21(25,11-14-22)18-8-6-7-17(2)15-18/h6-8,15,19,25H,3-5,9-14,16H2,1-2H3/t19-/m1/s1. The highest BCUT2D eigenvalue weighted by Gasteiger charge is 2.36. The van der Waals surface area contributed by atoms with Gasteiger partial charge in [0.1, 0.15) is 0 Å². The summed E-state index contributed by atoms with van der Waals surface area (Å²) in [4.78, 5) is 17.1. The lowest BCUT2D eigenvalue weighted by Crippen LogP contribution is -2.50. The molecule has 0 bridgehead atoms. The van der Waals surface area contributed by atoms with Gasteiger partial charge in [-0.1, -0.05) is 43.2 Å². The van der Waals surface area contributed by atoms with Crippen molar-refractivity contribution < 1.29 is 9.90 Å². The molecule has 2 heterocycles. The first kappa shape index (κ1) is 18.4. The first-order valence-electron chi connectivity index (χ1n) is 9.83. The molecule has 1 atom stereocenters. The van der Waals surface area contributed by atoms with E-state index in [4.69, 9.17) is 0 Å². The van der Waals surface area contributed by atoms with E-state index in [2.05, 4.69) is 17.9 Å². The minimum absolute atomic E-state index is 0.228. The summed E-state index contributed by atoms with van der Waals surface area (Å²) in [6, 6.07) is 8.68. The molecule has 1 aromatic carbocycles. The van der Waals surface area contributed by atoms with Crippen molar-refractivity contribution in [3.05, 3.63) is 35.4 Å². The van der Waals surface area contributed by atoms with Crippen LogP contribution in [0.5, 0.6) is 0 Å². The minimum Gasteiger partial charge on any atom is -0.385 e. The molecule has 1 aromatic rings. The van der Waals surface area contributed by atoms with E-state index in [0.29, 0.717) is 38.5 Å². The molecule has 25 heavy (non-hydrogen) atoms. The average Bonchev–Trinajstić information content (AvgIpc) is 2.63. The molecule has 2 aliphatic rings. The molecule has 138 valence electrons. The highest BCUT2D eigenvalue weighted by molar-refractivity contribution is 5.78. The van der Waals surface area contributed by atoms with Gasteiger partial charge in [0.25, 0.3) is 0 Å². The lowest BCUT2D eigenvalue weighted by atomic mass is 9.84. The molecule has 2 saturated heterocycles. The number of hydrogen-bond acceptors (Lipinski definition) is 3. The Morgan fingerprint density at radius 1 is 1.24 bits per heavy atom. The van der Waals surface area contributed by atoms with Crippen molar-refractivity contribution >= 4 is 5.91 Å². The van der Waals surface area contributed by atoms with E-state index in [-0.39, 0.29) is 5.91 Å². The number of nitrogens with zero attached hydrogens (tertiary/aromatic N) is 2. The minimum atomic E-state index is -0.792. The van der Waals surface area contributed by atoms with Crippen LogP contribution in [0.25, 0.3) is 0 Å². The zero-order valence-corrected chi connectivity index (χ0v) is 15.7. The van der Waals surface area contributed by atoms with E-state index in [0.717, 1.165) is 18.5 Å². The molecule has 4 heteroatoms. The van der Waals surface area contributed by atoms with Gasteiger partial charge in [-0.15, -0.1) is 0 Å². The Morgan fingerprint density at radius 3 is 2.68 bits per heavy atom. The van der Waals surface area contributed by atoms with Gasteiger partial charge in [-0.2, -0.15) is 0 Å². The molecular formula is C21H32N2O2. The fourth-order valence-electron chi connectivity index (χ4n) is 4.35. The highest BCUT2D eigenvalue weighted by Crippen LogP contribution is 2.33. The summed E-state index contributed by atoms with van der Waals surface area (Å²) in [6.45, 7) is 7.15. The lowest BCUT2D eigenvalue weighted by molar-refractivity contribution is -0.138. The smallest absolute Gasteiger partial charge is 0.236 e.